The van der Waals surface area contributed by atoms with Crippen LogP contribution in [0.3, 0.4) is 0 Å². The normalized spacial score (nSPS) is 18.9. The Morgan fingerprint density at radius 2 is 2.20 bits per heavy atom. The van der Waals surface area contributed by atoms with Crippen molar-refractivity contribution >= 4 is 21.7 Å². The molecule has 0 radical (unpaired) electrons. The first kappa shape index (κ1) is 19.7. The van der Waals surface area contributed by atoms with E-state index in [1.54, 1.807) is 6.92 Å². The Hall–Kier alpha value is -1.64. The third-order valence-corrected chi connectivity index (χ3v) is 5.77. The first-order chi connectivity index (χ1) is 11.8. The van der Waals surface area contributed by atoms with Crippen molar-refractivity contribution in [2.24, 2.45) is 0 Å². The first-order valence-electron chi connectivity index (χ1n) is 8.58. The van der Waals surface area contributed by atoms with E-state index in [1.165, 1.54) is 18.2 Å². The van der Waals surface area contributed by atoms with Gasteiger partial charge in [-0.3, -0.25) is 0 Å². The summed E-state index contributed by atoms with van der Waals surface area (Å²) in [5.74, 6) is -1.16. The highest BCUT2D eigenvalue weighted by atomic mass is 32.2. The molecule has 8 heteroatoms. The summed E-state index contributed by atoms with van der Waals surface area (Å²) in [5.41, 5.74) is 0.322. The summed E-state index contributed by atoms with van der Waals surface area (Å²) >= 11 is 0. The smallest absolute Gasteiger partial charge is 0.335 e. The molecule has 1 fully saturated rings. The topological polar surface area (TPSA) is 105 Å². The number of carboxylic acids is 1. The Balaban J connectivity index is 2.27. The molecule has 2 atom stereocenters. The van der Waals surface area contributed by atoms with Gasteiger partial charge in [-0.15, -0.1) is 0 Å². The molecule has 3 N–H and O–H groups in total. The Morgan fingerprint density at radius 3 is 2.80 bits per heavy atom. The van der Waals surface area contributed by atoms with E-state index < -0.39 is 16.0 Å². The third-order valence-electron chi connectivity index (χ3n) is 4.14. The summed E-state index contributed by atoms with van der Waals surface area (Å²) in [4.78, 5) is 11.2. The van der Waals surface area contributed by atoms with Crippen LogP contribution in [0.5, 0.6) is 0 Å². The fourth-order valence-electron chi connectivity index (χ4n) is 2.87. The van der Waals surface area contributed by atoms with Crippen LogP contribution < -0.4 is 10.0 Å². The summed E-state index contributed by atoms with van der Waals surface area (Å²) in [6.45, 7) is 4.97. The van der Waals surface area contributed by atoms with Gasteiger partial charge in [0, 0.05) is 19.2 Å². The molecule has 0 spiro atoms. The maximum absolute atomic E-state index is 12.7. The summed E-state index contributed by atoms with van der Waals surface area (Å²) < 4.78 is 33.6. The number of anilines is 1. The van der Waals surface area contributed by atoms with E-state index in [1.807, 2.05) is 6.92 Å². The minimum atomic E-state index is -3.83. The van der Waals surface area contributed by atoms with Gasteiger partial charge in [0.25, 0.3) is 0 Å². The van der Waals surface area contributed by atoms with Crippen molar-refractivity contribution < 1.29 is 23.1 Å². The van der Waals surface area contributed by atoms with Crippen LogP contribution in [-0.4, -0.2) is 44.8 Å². The van der Waals surface area contributed by atoms with Crippen LogP contribution >= 0.6 is 0 Å². The van der Waals surface area contributed by atoms with Crippen molar-refractivity contribution in [3.8, 4) is 0 Å². The highest BCUT2D eigenvalue weighted by Crippen LogP contribution is 2.24. The standard InChI is InChI=1S/C17H26N2O5S/c1-3-5-12(2)19-25(22,23)16-10-13(17(20)21)7-8-15(16)18-11-14-6-4-9-24-14/h7-8,10,12,14,18-19H,3-6,9,11H2,1-2H3,(H,20,21)/t12-,14+/m0/s1. The SMILES string of the molecule is CCC[C@H](C)NS(=O)(=O)c1cc(C(=O)O)ccc1NC[C@H]1CCCO1. The van der Waals surface area contributed by atoms with Crippen molar-refractivity contribution in [1.29, 1.82) is 0 Å². The number of hydrogen-bond donors (Lipinski definition) is 3. The third kappa shape index (κ3) is 5.42. The van der Waals surface area contributed by atoms with E-state index >= 15 is 0 Å². The molecule has 1 aromatic carbocycles. The fraction of sp³-hybridized carbons (Fsp3) is 0.588. The van der Waals surface area contributed by atoms with Crippen molar-refractivity contribution in [1.82, 2.24) is 4.72 Å². The summed E-state index contributed by atoms with van der Waals surface area (Å²) in [6.07, 6.45) is 3.51. The second-order valence-corrected chi connectivity index (χ2v) is 8.03. The molecule has 1 aromatic rings. The Morgan fingerprint density at radius 1 is 1.44 bits per heavy atom. The van der Waals surface area contributed by atoms with Crippen molar-refractivity contribution in [2.75, 3.05) is 18.5 Å². The van der Waals surface area contributed by atoms with Gasteiger partial charge in [-0.05, 0) is 44.4 Å². The molecule has 25 heavy (non-hydrogen) atoms. The van der Waals surface area contributed by atoms with E-state index in [0.717, 1.165) is 19.3 Å². The van der Waals surface area contributed by atoms with Crippen LogP contribution in [0, 0.1) is 0 Å². The maximum atomic E-state index is 12.7. The number of carboxylic acid groups (broad SMARTS) is 1. The average molecular weight is 370 g/mol. The molecular weight excluding hydrogens is 344 g/mol. The molecule has 1 heterocycles. The second-order valence-electron chi connectivity index (χ2n) is 6.34. The molecule has 1 aliphatic heterocycles. The monoisotopic (exact) mass is 370 g/mol. The molecule has 0 aromatic heterocycles. The average Bonchev–Trinajstić information content (AvgIpc) is 3.05. The first-order valence-corrected chi connectivity index (χ1v) is 10.1. The van der Waals surface area contributed by atoms with E-state index in [-0.39, 0.29) is 22.6 Å². The van der Waals surface area contributed by atoms with Gasteiger partial charge < -0.3 is 15.2 Å². The summed E-state index contributed by atoms with van der Waals surface area (Å²) in [5, 5.41) is 12.3. The minimum absolute atomic E-state index is 0.0432. The zero-order valence-corrected chi connectivity index (χ0v) is 15.4. The lowest BCUT2D eigenvalue weighted by molar-refractivity contribution is 0.0696. The van der Waals surface area contributed by atoms with E-state index in [4.69, 9.17) is 4.74 Å². The molecule has 0 aliphatic carbocycles. The molecule has 1 saturated heterocycles. The quantitative estimate of drug-likeness (QED) is 0.617. The zero-order valence-electron chi connectivity index (χ0n) is 14.6. The van der Waals surface area contributed by atoms with Crippen LogP contribution in [0.15, 0.2) is 23.1 Å². The Kier molecular flexibility index (Phi) is 6.80. The Labute approximate surface area is 148 Å². The van der Waals surface area contributed by atoms with Gasteiger partial charge in [0.2, 0.25) is 10.0 Å². The number of sulfonamides is 1. The van der Waals surface area contributed by atoms with Gasteiger partial charge in [-0.1, -0.05) is 13.3 Å². The van der Waals surface area contributed by atoms with Gasteiger partial charge in [-0.25, -0.2) is 17.9 Å². The zero-order chi connectivity index (χ0) is 18.4. The van der Waals surface area contributed by atoms with Gasteiger partial charge in [0.1, 0.15) is 4.90 Å². The lowest BCUT2D eigenvalue weighted by atomic mass is 10.2. The van der Waals surface area contributed by atoms with E-state index in [0.29, 0.717) is 25.3 Å². The van der Waals surface area contributed by atoms with Crippen LogP contribution in [0.1, 0.15) is 49.9 Å². The van der Waals surface area contributed by atoms with Gasteiger partial charge in [-0.2, -0.15) is 0 Å². The lowest BCUT2D eigenvalue weighted by Crippen LogP contribution is -2.33. The summed E-state index contributed by atoms with van der Waals surface area (Å²) in [7, 11) is -3.83. The number of benzene rings is 1. The summed E-state index contributed by atoms with van der Waals surface area (Å²) in [6, 6.07) is 3.86. The molecule has 140 valence electrons. The minimum Gasteiger partial charge on any atom is -0.478 e. The highest BCUT2D eigenvalue weighted by Gasteiger charge is 2.23. The Bertz CT molecular complexity index is 699. The number of ether oxygens (including phenoxy) is 1. The van der Waals surface area contributed by atoms with Crippen molar-refractivity contribution in [2.45, 2.75) is 56.6 Å². The van der Waals surface area contributed by atoms with Crippen LogP contribution in [0.2, 0.25) is 0 Å². The van der Waals surface area contributed by atoms with Gasteiger partial charge >= 0.3 is 5.97 Å². The predicted octanol–water partition coefficient (Wildman–Crippen LogP) is 2.44. The predicted molar refractivity (Wildman–Crippen MR) is 95.6 cm³/mol. The molecule has 0 saturated carbocycles. The molecule has 1 aliphatic rings. The molecule has 0 amide bonds. The lowest BCUT2D eigenvalue weighted by Gasteiger charge is -2.18. The maximum Gasteiger partial charge on any atom is 0.335 e. The highest BCUT2D eigenvalue weighted by molar-refractivity contribution is 7.89. The second kappa shape index (κ2) is 8.64. The van der Waals surface area contributed by atoms with Crippen LogP contribution in [-0.2, 0) is 14.8 Å². The molecule has 7 nitrogen and oxygen atoms in total. The molecule has 0 unspecified atom stereocenters. The number of aromatic carboxylic acids is 1. The largest absolute Gasteiger partial charge is 0.478 e. The van der Waals surface area contributed by atoms with E-state index in [9.17, 15) is 18.3 Å². The van der Waals surface area contributed by atoms with Crippen LogP contribution in [0.4, 0.5) is 5.69 Å². The molecule has 0 bridgehead atoms. The fourth-order valence-corrected chi connectivity index (χ4v) is 4.36. The van der Waals surface area contributed by atoms with Crippen LogP contribution in [0.25, 0.3) is 0 Å². The number of carbonyl (C=O) groups is 1. The number of nitrogens with one attached hydrogen (secondary N) is 2. The van der Waals surface area contributed by atoms with Gasteiger partial charge in [0.15, 0.2) is 0 Å². The number of hydrogen-bond acceptors (Lipinski definition) is 5. The van der Waals surface area contributed by atoms with Crippen molar-refractivity contribution in [3.05, 3.63) is 23.8 Å². The molecule has 2 rings (SSSR count). The van der Waals surface area contributed by atoms with E-state index in [2.05, 4.69) is 10.0 Å². The molecular formula is C17H26N2O5S. The van der Waals surface area contributed by atoms with Gasteiger partial charge in [0.05, 0.1) is 17.4 Å². The number of rotatable bonds is 9. The van der Waals surface area contributed by atoms with Crippen molar-refractivity contribution in [3.63, 3.8) is 0 Å².